The SMILES string of the molecule is O=C(NC1CCCOc2ccc(F)cc21)C(c1ccccc1)N1CCC(O)CC1. The van der Waals surface area contributed by atoms with E-state index >= 15 is 0 Å². The van der Waals surface area contributed by atoms with Crippen molar-refractivity contribution in [1.29, 1.82) is 0 Å². The van der Waals surface area contributed by atoms with Gasteiger partial charge in [0.1, 0.15) is 17.6 Å². The average molecular weight is 398 g/mol. The molecule has 154 valence electrons. The van der Waals surface area contributed by atoms with Crippen LogP contribution in [0.15, 0.2) is 48.5 Å². The van der Waals surface area contributed by atoms with Gasteiger partial charge in [-0.15, -0.1) is 0 Å². The summed E-state index contributed by atoms with van der Waals surface area (Å²) in [6.07, 6.45) is 2.49. The first-order valence-corrected chi connectivity index (χ1v) is 10.3. The zero-order valence-electron chi connectivity index (χ0n) is 16.4. The molecule has 4 rings (SSSR count). The number of nitrogens with zero attached hydrogens (tertiary/aromatic N) is 1. The number of likely N-dealkylation sites (tertiary alicyclic amines) is 1. The molecule has 5 nitrogen and oxygen atoms in total. The fourth-order valence-corrected chi connectivity index (χ4v) is 4.26. The van der Waals surface area contributed by atoms with Crippen LogP contribution in [0.5, 0.6) is 5.75 Å². The third kappa shape index (κ3) is 4.60. The van der Waals surface area contributed by atoms with E-state index in [1.165, 1.54) is 12.1 Å². The van der Waals surface area contributed by atoms with Crippen LogP contribution in [0.25, 0.3) is 0 Å². The second kappa shape index (κ2) is 8.93. The summed E-state index contributed by atoms with van der Waals surface area (Å²) in [4.78, 5) is 15.6. The van der Waals surface area contributed by atoms with E-state index in [9.17, 15) is 14.3 Å². The standard InChI is InChI=1S/C23H27FN2O3/c24-17-8-9-21-19(15-17)20(7-4-14-29-21)25-23(28)22(16-5-2-1-3-6-16)26-12-10-18(27)11-13-26/h1-3,5-6,8-9,15,18,20,22,27H,4,7,10-14H2,(H,25,28). The van der Waals surface area contributed by atoms with E-state index in [1.807, 2.05) is 30.3 Å². The molecule has 2 heterocycles. The Kier molecular flexibility index (Phi) is 6.11. The Morgan fingerprint density at radius 2 is 1.90 bits per heavy atom. The predicted molar refractivity (Wildman–Crippen MR) is 108 cm³/mol. The van der Waals surface area contributed by atoms with Gasteiger partial charge in [0.25, 0.3) is 0 Å². The van der Waals surface area contributed by atoms with E-state index in [2.05, 4.69) is 10.2 Å². The van der Waals surface area contributed by atoms with E-state index in [0.29, 0.717) is 50.3 Å². The van der Waals surface area contributed by atoms with Gasteiger partial charge in [-0.3, -0.25) is 9.69 Å². The van der Waals surface area contributed by atoms with Crippen molar-refractivity contribution >= 4 is 5.91 Å². The van der Waals surface area contributed by atoms with Crippen LogP contribution in [-0.2, 0) is 4.79 Å². The van der Waals surface area contributed by atoms with Gasteiger partial charge in [-0.25, -0.2) is 4.39 Å². The van der Waals surface area contributed by atoms with Crippen LogP contribution in [-0.4, -0.2) is 41.7 Å². The van der Waals surface area contributed by atoms with E-state index in [-0.39, 0.29) is 23.9 Å². The minimum Gasteiger partial charge on any atom is -0.493 e. The molecule has 29 heavy (non-hydrogen) atoms. The van der Waals surface area contributed by atoms with Crippen molar-refractivity contribution in [2.45, 2.75) is 43.9 Å². The molecular formula is C23H27FN2O3. The number of nitrogens with one attached hydrogen (secondary N) is 1. The van der Waals surface area contributed by atoms with Gasteiger partial charge >= 0.3 is 0 Å². The van der Waals surface area contributed by atoms with Crippen molar-refractivity contribution in [3.05, 3.63) is 65.5 Å². The molecule has 0 aliphatic carbocycles. The highest BCUT2D eigenvalue weighted by Gasteiger charge is 2.32. The number of halogens is 1. The lowest BCUT2D eigenvalue weighted by Gasteiger charge is -2.36. The summed E-state index contributed by atoms with van der Waals surface area (Å²) in [7, 11) is 0. The third-order valence-corrected chi connectivity index (χ3v) is 5.79. The number of aliphatic hydroxyl groups excluding tert-OH is 1. The van der Waals surface area contributed by atoms with Crippen LogP contribution < -0.4 is 10.1 Å². The van der Waals surface area contributed by atoms with E-state index in [0.717, 1.165) is 12.0 Å². The number of ether oxygens (including phenoxy) is 1. The Bertz CT molecular complexity index is 837. The second-order valence-corrected chi connectivity index (χ2v) is 7.81. The number of benzene rings is 2. The third-order valence-electron chi connectivity index (χ3n) is 5.79. The predicted octanol–water partition coefficient (Wildman–Crippen LogP) is 3.35. The maximum Gasteiger partial charge on any atom is 0.242 e. The number of aliphatic hydroxyl groups is 1. The molecule has 0 aromatic heterocycles. The van der Waals surface area contributed by atoms with Crippen LogP contribution in [0.4, 0.5) is 4.39 Å². The highest BCUT2D eigenvalue weighted by molar-refractivity contribution is 5.83. The van der Waals surface area contributed by atoms with Crippen LogP contribution in [0.2, 0.25) is 0 Å². The van der Waals surface area contributed by atoms with Gasteiger partial charge in [-0.2, -0.15) is 0 Å². The molecule has 2 unspecified atom stereocenters. The number of fused-ring (bicyclic) bond motifs is 1. The number of piperidine rings is 1. The maximum atomic E-state index is 13.9. The van der Waals surface area contributed by atoms with E-state index in [4.69, 9.17) is 4.74 Å². The average Bonchev–Trinajstić information content (AvgIpc) is 2.92. The highest BCUT2D eigenvalue weighted by Crippen LogP contribution is 2.33. The molecule has 1 fully saturated rings. The van der Waals surface area contributed by atoms with Crippen molar-refractivity contribution in [3.8, 4) is 5.75 Å². The molecule has 0 bridgehead atoms. The summed E-state index contributed by atoms with van der Waals surface area (Å²) < 4.78 is 19.6. The summed E-state index contributed by atoms with van der Waals surface area (Å²) in [6, 6.07) is 13.4. The van der Waals surface area contributed by atoms with Crippen molar-refractivity contribution in [3.63, 3.8) is 0 Å². The van der Waals surface area contributed by atoms with Crippen LogP contribution in [0.1, 0.15) is 48.9 Å². The van der Waals surface area contributed by atoms with Gasteiger partial charge in [-0.05, 0) is 49.4 Å². The maximum absolute atomic E-state index is 13.9. The van der Waals surface area contributed by atoms with Gasteiger partial charge in [0.2, 0.25) is 5.91 Å². The molecular weight excluding hydrogens is 371 g/mol. The molecule has 1 saturated heterocycles. The fraction of sp³-hybridized carbons (Fsp3) is 0.435. The Morgan fingerprint density at radius 3 is 2.66 bits per heavy atom. The summed E-state index contributed by atoms with van der Waals surface area (Å²) in [5, 5.41) is 13.0. The lowest BCUT2D eigenvalue weighted by molar-refractivity contribution is -0.128. The molecule has 2 aliphatic heterocycles. The highest BCUT2D eigenvalue weighted by atomic mass is 19.1. The fourth-order valence-electron chi connectivity index (χ4n) is 4.26. The number of hydrogen-bond acceptors (Lipinski definition) is 4. The van der Waals surface area contributed by atoms with Gasteiger partial charge in [0, 0.05) is 18.7 Å². The zero-order chi connectivity index (χ0) is 20.2. The molecule has 2 atom stereocenters. The molecule has 0 spiro atoms. The largest absolute Gasteiger partial charge is 0.493 e. The summed E-state index contributed by atoms with van der Waals surface area (Å²) in [6.45, 7) is 1.87. The Balaban J connectivity index is 1.59. The van der Waals surface area contributed by atoms with Crippen LogP contribution in [0, 0.1) is 5.82 Å². The summed E-state index contributed by atoms with van der Waals surface area (Å²) in [5.74, 6) is 0.194. The van der Waals surface area contributed by atoms with Crippen molar-refractivity contribution in [2.24, 2.45) is 0 Å². The lowest BCUT2D eigenvalue weighted by atomic mass is 9.97. The Morgan fingerprint density at radius 1 is 1.14 bits per heavy atom. The van der Waals surface area contributed by atoms with Crippen LogP contribution in [0.3, 0.4) is 0 Å². The monoisotopic (exact) mass is 398 g/mol. The molecule has 2 aliphatic rings. The second-order valence-electron chi connectivity index (χ2n) is 7.81. The number of hydrogen-bond donors (Lipinski definition) is 2. The van der Waals surface area contributed by atoms with Gasteiger partial charge in [0.15, 0.2) is 0 Å². The lowest BCUT2D eigenvalue weighted by Crippen LogP contribution is -2.46. The first kappa shape index (κ1) is 19.9. The molecule has 0 saturated carbocycles. The zero-order valence-corrected chi connectivity index (χ0v) is 16.4. The number of carbonyl (C=O) groups excluding carboxylic acids is 1. The first-order valence-electron chi connectivity index (χ1n) is 10.3. The molecule has 2 N–H and O–H groups in total. The molecule has 1 amide bonds. The topological polar surface area (TPSA) is 61.8 Å². The number of rotatable bonds is 4. The smallest absolute Gasteiger partial charge is 0.242 e. The number of carbonyl (C=O) groups is 1. The Hall–Kier alpha value is -2.44. The minimum absolute atomic E-state index is 0.102. The van der Waals surface area contributed by atoms with Gasteiger partial charge in [-0.1, -0.05) is 30.3 Å². The quantitative estimate of drug-likeness (QED) is 0.829. The van der Waals surface area contributed by atoms with Crippen molar-refractivity contribution in [2.75, 3.05) is 19.7 Å². The van der Waals surface area contributed by atoms with Crippen molar-refractivity contribution in [1.82, 2.24) is 10.2 Å². The van der Waals surface area contributed by atoms with E-state index in [1.54, 1.807) is 6.07 Å². The molecule has 2 aromatic carbocycles. The van der Waals surface area contributed by atoms with Gasteiger partial charge < -0.3 is 15.2 Å². The van der Waals surface area contributed by atoms with E-state index < -0.39 is 6.04 Å². The summed E-state index contributed by atoms with van der Waals surface area (Å²) in [5.41, 5.74) is 1.61. The minimum atomic E-state index is -0.440. The van der Waals surface area contributed by atoms with Crippen molar-refractivity contribution < 1.29 is 19.0 Å². The number of amides is 1. The molecule has 2 aromatic rings. The Labute approximate surface area is 170 Å². The molecule has 6 heteroatoms. The van der Waals surface area contributed by atoms with Crippen LogP contribution >= 0.6 is 0 Å². The summed E-state index contributed by atoms with van der Waals surface area (Å²) >= 11 is 0. The first-order chi connectivity index (χ1) is 14.1. The molecule has 0 radical (unpaired) electrons. The van der Waals surface area contributed by atoms with Gasteiger partial charge in [0.05, 0.1) is 18.8 Å². The normalized spacial score (nSPS) is 21.5.